The number of benzene rings is 2. The van der Waals surface area contributed by atoms with E-state index < -0.39 is 0 Å². The van der Waals surface area contributed by atoms with Crippen LogP contribution in [0, 0.1) is 5.82 Å². The summed E-state index contributed by atoms with van der Waals surface area (Å²) in [5.74, 6) is -0.0188. The molecule has 0 radical (unpaired) electrons. The number of hydrogen-bond acceptors (Lipinski definition) is 4. The highest BCUT2D eigenvalue weighted by molar-refractivity contribution is 6.15. The topological polar surface area (TPSA) is 63.4 Å². The summed E-state index contributed by atoms with van der Waals surface area (Å²) >= 11 is 0. The number of nitrogens with zero attached hydrogens (tertiary/aromatic N) is 5. The molecule has 1 aliphatic rings. The summed E-state index contributed by atoms with van der Waals surface area (Å²) in [6.07, 6.45) is 0. The lowest BCUT2D eigenvalue weighted by atomic mass is 10.0. The number of fused-ring (bicyclic) bond motifs is 3. The summed E-state index contributed by atoms with van der Waals surface area (Å²) in [7, 11) is 3.28. The molecule has 0 bridgehead atoms. The third kappa shape index (κ3) is 2.67. The van der Waals surface area contributed by atoms with E-state index in [1.54, 1.807) is 24.8 Å². The summed E-state index contributed by atoms with van der Waals surface area (Å²) in [4.78, 5) is 22.6. The lowest BCUT2D eigenvalue weighted by molar-refractivity contribution is 0.0816. The van der Waals surface area contributed by atoms with Crippen LogP contribution in [0.5, 0.6) is 0 Å². The molecule has 1 amide bonds. The zero-order valence-electron chi connectivity index (χ0n) is 14.3. The van der Waals surface area contributed by atoms with Crippen molar-refractivity contribution in [2.45, 2.75) is 6.54 Å². The number of carbonyl (C=O) groups excluding carboxylic acids is 1. The van der Waals surface area contributed by atoms with Crippen LogP contribution >= 0.6 is 0 Å². The second-order valence-corrected chi connectivity index (χ2v) is 6.16. The fourth-order valence-corrected chi connectivity index (χ4v) is 2.89. The lowest BCUT2D eigenvalue weighted by Gasteiger charge is -2.11. The van der Waals surface area contributed by atoms with Gasteiger partial charge < -0.3 is 4.90 Å². The average molecular weight is 349 g/mol. The molecule has 0 N–H and O–H groups in total. The van der Waals surface area contributed by atoms with Gasteiger partial charge in [0.25, 0.3) is 5.91 Å². The third-order valence-electron chi connectivity index (χ3n) is 4.14. The molecule has 4 rings (SSSR count). The van der Waals surface area contributed by atoms with Crippen molar-refractivity contribution in [2.24, 2.45) is 4.99 Å². The minimum atomic E-state index is -0.361. The van der Waals surface area contributed by atoms with E-state index in [0.717, 1.165) is 5.56 Å². The molecule has 26 heavy (non-hydrogen) atoms. The fraction of sp³-hybridized carbons (Fsp3) is 0.158. The molecule has 2 aromatic carbocycles. The van der Waals surface area contributed by atoms with Crippen molar-refractivity contribution < 1.29 is 9.18 Å². The first-order valence-electron chi connectivity index (χ1n) is 8.12. The second-order valence-electron chi connectivity index (χ2n) is 6.16. The minimum Gasteiger partial charge on any atom is -0.342 e. The van der Waals surface area contributed by atoms with E-state index in [1.165, 1.54) is 17.0 Å². The van der Waals surface area contributed by atoms with Crippen molar-refractivity contribution >= 4 is 11.6 Å². The number of amides is 1. The number of aromatic nitrogens is 3. The van der Waals surface area contributed by atoms with Gasteiger partial charge in [0.05, 0.1) is 17.9 Å². The predicted octanol–water partition coefficient (Wildman–Crippen LogP) is 2.46. The van der Waals surface area contributed by atoms with E-state index in [4.69, 9.17) is 0 Å². The maximum Gasteiger partial charge on any atom is 0.293 e. The first kappa shape index (κ1) is 16.1. The summed E-state index contributed by atoms with van der Waals surface area (Å²) < 4.78 is 15.5. The average Bonchev–Trinajstić information content (AvgIpc) is 3.00. The van der Waals surface area contributed by atoms with Crippen molar-refractivity contribution in [1.29, 1.82) is 0 Å². The molecular weight excluding hydrogens is 333 g/mol. The Kier molecular flexibility index (Phi) is 3.84. The highest BCUT2D eigenvalue weighted by atomic mass is 19.1. The normalized spacial score (nSPS) is 12.7. The van der Waals surface area contributed by atoms with Crippen molar-refractivity contribution in [3.8, 4) is 5.69 Å². The maximum absolute atomic E-state index is 14.0. The van der Waals surface area contributed by atoms with Crippen LogP contribution < -0.4 is 0 Å². The summed E-state index contributed by atoms with van der Waals surface area (Å²) in [6.45, 7) is 0.244. The van der Waals surface area contributed by atoms with Crippen LogP contribution in [0.15, 0.2) is 53.5 Å². The Morgan fingerprint density at radius 3 is 2.65 bits per heavy atom. The van der Waals surface area contributed by atoms with Gasteiger partial charge in [-0.05, 0) is 18.2 Å². The van der Waals surface area contributed by atoms with Crippen LogP contribution in [0.1, 0.15) is 27.6 Å². The Balaban J connectivity index is 1.91. The molecule has 0 spiro atoms. The lowest BCUT2D eigenvalue weighted by Crippen LogP contribution is -2.23. The largest absolute Gasteiger partial charge is 0.342 e. The number of carbonyl (C=O) groups is 1. The van der Waals surface area contributed by atoms with E-state index in [-0.39, 0.29) is 24.1 Å². The summed E-state index contributed by atoms with van der Waals surface area (Å²) in [5, 5.41) is 4.35. The van der Waals surface area contributed by atoms with Crippen LogP contribution in [-0.2, 0) is 6.54 Å². The second kappa shape index (κ2) is 6.18. The highest BCUT2D eigenvalue weighted by Gasteiger charge is 2.24. The highest BCUT2D eigenvalue weighted by Crippen LogP contribution is 2.25. The molecule has 1 aromatic heterocycles. The number of halogens is 1. The van der Waals surface area contributed by atoms with Gasteiger partial charge in [-0.2, -0.15) is 0 Å². The Labute approximate surface area is 149 Å². The summed E-state index contributed by atoms with van der Waals surface area (Å²) in [6, 6.07) is 14.0. The van der Waals surface area contributed by atoms with Gasteiger partial charge in [-0.1, -0.05) is 30.3 Å². The Morgan fingerprint density at radius 1 is 1.15 bits per heavy atom. The Morgan fingerprint density at radius 2 is 1.92 bits per heavy atom. The standard InChI is InChI=1S/C19H16FN5O/c1-24(2)19(26)18-22-16-11-21-17(12-6-4-3-5-7-12)14-10-13(20)8-9-15(14)25(16)23-18/h3-10H,11H2,1-2H3. The van der Waals surface area contributed by atoms with Crippen molar-refractivity contribution in [2.75, 3.05) is 14.1 Å². The van der Waals surface area contributed by atoms with Gasteiger partial charge in [-0.25, -0.2) is 14.1 Å². The number of rotatable bonds is 2. The van der Waals surface area contributed by atoms with E-state index in [2.05, 4.69) is 15.1 Å². The number of aliphatic imine (C=N–C) groups is 1. The molecule has 0 atom stereocenters. The molecule has 0 saturated carbocycles. The van der Waals surface area contributed by atoms with E-state index in [1.807, 2.05) is 30.3 Å². The van der Waals surface area contributed by atoms with Gasteiger partial charge in [0.1, 0.15) is 5.82 Å². The molecular formula is C19H16FN5O. The van der Waals surface area contributed by atoms with Crippen LogP contribution in [0.2, 0.25) is 0 Å². The third-order valence-corrected chi connectivity index (χ3v) is 4.14. The summed E-state index contributed by atoms with van der Waals surface area (Å²) in [5.41, 5.74) is 2.82. The SMILES string of the molecule is CN(C)C(=O)c1nc2n(n1)-c1ccc(F)cc1C(c1ccccc1)=NC2. The molecule has 0 saturated heterocycles. The monoisotopic (exact) mass is 349 g/mol. The van der Waals surface area contributed by atoms with Crippen LogP contribution in [0.4, 0.5) is 4.39 Å². The van der Waals surface area contributed by atoms with Gasteiger partial charge in [0.15, 0.2) is 5.82 Å². The van der Waals surface area contributed by atoms with Crippen molar-refractivity contribution in [3.05, 3.63) is 77.1 Å². The maximum atomic E-state index is 14.0. The molecule has 1 aliphatic heterocycles. The van der Waals surface area contributed by atoms with Crippen LogP contribution in [-0.4, -0.2) is 45.4 Å². The van der Waals surface area contributed by atoms with Crippen molar-refractivity contribution in [3.63, 3.8) is 0 Å². The van der Waals surface area contributed by atoms with Gasteiger partial charge >= 0.3 is 0 Å². The zero-order valence-corrected chi connectivity index (χ0v) is 14.3. The molecule has 0 unspecified atom stereocenters. The van der Waals surface area contributed by atoms with Gasteiger partial charge in [-0.3, -0.25) is 9.79 Å². The number of hydrogen-bond donors (Lipinski definition) is 0. The first-order valence-corrected chi connectivity index (χ1v) is 8.12. The van der Waals surface area contributed by atoms with E-state index in [0.29, 0.717) is 22.8 Å². The molecule has 7 heteroatoms. The molecule has 0 fully saturated rings. The molecule has 6 nitrogen and oxygen atoms in total. The van der Waals surface area contributed by atoms with Gasteiger partial charge in [0.2, 0.25) is 5.82 Å². The quantitative estimate of drug-likeness (QED) is 0.714. The van der Waals surface area contributed by atoms with E-state index in [9.17, 15) is 9.18 Å². The molecule has 3 aromatic rings. The Bertz CT molecular complexity index is 1020. The minimum absolute atomic E-state index is 0.0960. The van der Waals surface area contributed by atoms with Gasteiger partial charge in [-0.15, -0.1) is 5.10 Å². The molecule has 0 aliphatic carbocycles. The predicted molar refractivity (Wildman–Crippen MR) is 95.1 cm³/mol. The first-order chi connectivity index (χ1) is 12.5. The molecule has 130 valence electrons. The van der Waals surface area contributed by atoms with Crippen molar-refractivity contribution in [1.82, 2.24) is 19.7 Å². The smallest absolute Gasteiger partial charge is 0.293 e. The fourth-order valence-electron chi connectivity index (χ4n) is 2.89. The van der Waals surface area contributed by atoms with Crippen LogP contribution in [0.25, 0.3) is 5.69 Å². The molecule has 2 heterocycles. The van der Waals surface area contributed by atoms with Crippen LogP contribution in [0.3, 0.4) is 0 Å². The zero-order chi connectivity index (χ0) is 18.3. The Hall–Kier alpha value is -3.35. The van der Waals surface area contributed by atoms with E-state index >= 15 is 0 Å². The van der Waals surface area contributed by atoms with Gasteiger partial charge in [0, 0.05) is 25.2 Å².